The van der Waals surface area contributed by atoms with Crippen molar-refractivity contribution in [1.82, 2.24) is 10.6 Å². The van der Waals surface area contributed by atoms with Crippen LogP contribution >= 0.6 is 35.8 Å². The van der Waals surface area contributed by atoms with E-state index < -0.39 is 11.9 Å². The van der Waals surface area contributed by atoms with Crippen molar-refractivity contribution in [3.8, 4) is 0 Å². The van der Waals surface area contributed by atoms with E-state index in [1.54, 1.807) is 30.4 Å². The maximum atomic E-state index is 14.5. The Morgan fingerprint density at radius 2 is 2.07 bits per heavy atom. The molecule has 0 aliphatic carbocycles. The third kappa shape index (κ3) is 5.87. The molecule has 0 spiro atoms. The molecule has 1 aliphatic rings. The van der Waals surface area contributed by atoms with Crippen molar-refractivity contribution in [2.75, 3.05) is 36.4 Å². The topological polar surface area (TPSA) is 65.6 Å². The van der Waals surface area contributed by atoms with Gasteiger partial charge in [0, 0.05) is 18.0 Å². The lowest BCUT2D eigenvalue weighted by Gasteiger charge is -2.15. The molecule has 1 atom stereocenters. The number of nitrogens with zero attached hydrogens (tertiary/aromatic N) is 1. The number of halogens is 1. The molecule has 3 N–H and O–H groups in total. The molecule has 1 fully saturated rings. The molecule has 0 saturated carbocycles. The fourth-order valence-corrected chi connectivity index (χ4v) is 4.09. The monoisotopic (exact) mass is 466 g/mol. The quantitative estimate of drug-likeness (QED) is 0.404. The normalized spacial score (nSPS) is 15.6. The molecular formula is C20H23FN4O2S3. The van der Waals surface area contributed by atoms with Crippen LogP contribution in [0, 0.1) is 12.7 Å². The Balaban J connectivity index is 1.49. The van der Waals surface area contributed by atoms with Crippen LogP contribution in [0.15, 0.2) is 30.3 Å². The molecule has 10 heteroatoms. The van der Waals surface area contributed by atoms with E-state index in [2.05, 4.69) is 16.0 Å². The van der Waals surface area contributed by atoms with Crippen molar-refractivity contribution in [3.05, 3.63) is 45.9 Å². The molecule has 1 saturated heterocycles. The molecule has 2 aromatic rings. The van der Waals surface area contributed by atoms with Gasteiger partial charge in [-0.3, -0.25) is 4.90 Å². The predicted octanol–water partition coefficient (Wildman–Crippen LogP) is 3.83. The van der Waals surface area contributed by atoms with Crippen molar-refractivity contribution < 1.29 is 13.9 Å². The first-order valence-electron chi connectivity index (χ1n) is 9.44. The van der Waals surface area contributed by atoms with Gasteiger partial charge < -0.3 is 20.7 Å². The highest BCUT2D eigenvalue weighted by molar-refractivity contribution is 7.81. The summed E-state index contributed by atoms with van der Waals surface area (Å²) in [6, 6.07) is 8.65. The van der Waals surface area contributed by atoms with Gasteiger partial charge in [0.25, 0.3) is 0 Å². The van der Waals surface area contributed by atoms with Crippen molar-refractivity contribution in [1.29, 1.82) is 0 Å². The minimum absolute atomic E-state index is 0.335. The highest BCUT2D eigenvalue weighted by Crippen LogP contribution is 2.26. The molecule has 160 valence electrons. The largest absolute Gasteiger partial charge is 0.442 e. The lowest BCUT2D eigenvalue weighted by Crippen LogP contribution is -2.32. The second kappa shape index (κ2) is 10.1. The van der Waals surface area contributed by atoms with Crippen LogP contribution in [0.25, 0.3) is 0 Å². The van der Waals surface area contributed by atoms with E-state index in [1.807, 2.05) is 19.1 Å². The number of aryl methyl sites for hydroxylation is 1. The molecule has 0 radical (unpaired) electrons. The summed E-state index contributed by atoms with van der Waals surface area (Å²) in [6.45, 7) is 5.62. The van der Waals surface area contributed by atoms with Crippen LogP contribution in [0.5, 0.6) is 0 Å². The zero-order valence-corrected chi connectivity index (χ0v) is 19.1. The van der Waals surface area contributed by atoms with Crippen molar-refractivity contribution in [3.63, 3.8) is 0 Å². The number of thiocarbonyl (C=S) groups is 2. The second-order valence-electron chi connectivity index (χ2n) is 6.81. The number of thiophene rings is 1. The number of hydrogen-bond acceptors (Lipinski definition) is 6. The summed E-state index contributed by atoms with van der Waals surface area (Å²) in [6.07, 6.45) is -0.830. The molecule has 2 heterocycles. The number of nitrogens with one attached hydrogen (secondary N) is 3. The van der Waals surface area contributed by atoms with E-state index in [1.165, 1.54) is 15.8 Å². The number of anilines is 2. The molecule has 1 aromatic heterocycles. The Kier molecular flexibility index (Phi) is 7.57. The van der Waals surface area contributed by atoms with Crippen molar-refractivity contribution >= 4 is 63.2 Å². The van der Waals surface area contributed by atoms with E-state index in [4.69, 9.17) is 29.2 Å². The summed E-state index contributed by atoms with van der Waals surface area (Å²) in [5.41, 5.74) is 0.817. The summed E-state index contributed by atoms with van der Waals surface area (Å²) >= 11 is 12.0. The smallest absolute Gasteiger partial charge is 0.414 e. The lowest BCUT2D eigenvalue weighted by molar-refractivity contribution is 0.143. The number of carbonyl (C=O) groups is 1. The number of hydrogen-bond donors (Lipinski definition) is 3. The van der Waals surface area contributed by atoms with Gasteiger partial charge in [0.2, 0.25) is 0 Å². The minimum atomic E-state index is -0.495. The van der Waals surface area contributed by atoms with Crippen LogP contribution in [0.2, 0.25) is 0 Å². The summed E-state index contributed by atoms with van der Waals surface area (Å²) in [4.78, 5) is 17.1. The van der Waals surface area contributed by atoms with Gasteiger partial charge in [-0.05, 0) is 44.2 Å². The first-order valence-corrected chi connectivity index (χ1v) is 11.1. The summed E-state index contributed by atoms with van der Waals surface area (Å²) in [7, 11) is 0. The molecular weight excluding hydrogens is 443 g/mol. The average molecular weight is 467 g/mol. The number of ether oxygens (including phenoxy) is 1. The lowest BCUT2D eigenvalue weighted by atomic mass is 10.2. The summed E-state index contributed by atoms with van der Waals surface area (Å²) < 4.78 is 19.8. The highest BCUT2D eigenvalue weighted by Gasteiger charge is 2.32. The Morgan fingerprint density at radius 1 is 1.27 bits per heavy atom. The molecule has 1 amide bonds. The molecule has 0 bridgehead atoms. The highest BCUT2D eigenvalue weighted by atomic mass is 32.1. The summed E-state index contributed by atoms with van der Waals surface area (Å²) in [5.74, 6) is -0.437. The number of rotatable bonds is 8. The zero-order chi connectivity index (χ0) is 21.7. The fraction of sp³-hybridized carbons (Fsp3) is 0.350. The zero-order valence-electron chi connectivity index (χ0n) is 16.7. The average Bonchev–Trinajstić information content (AvgIpc) is 3.30. The van der Waals surface area contributed by atoms with Gasteiger partial charge in [0.15, 0.2) is 0 Å². The van der Waals surface area contributed by atoms with Gasteiger partial charge in [0.1, 0.15) is 16.9 Å². The van der Waals surface area contributed by atoms with Gasteiger partial charge in [-0.15, -0.1) is 11.3 Å². The number of amides is 1. The van der Waals surface area contributed by atoms with E-state index in [0.29, 0.717) is 47.5 Å². The maximum Gasteiger partial charge on any atom is 0.414 e. The molecule has 3 rings (SSSR count). The summed E-state index contributed by atoms with van der Waals surface area (Å²) in [5, 5.41) is 9.18. The van der Waals surface area contributed by atoms with Crippen molar-refractivity contribution in [2.45, 2.75) is 20.0 Å². The second-order valence-corrected chi connectivity index (χ2v) is 9.12. The molecule has 1 aliphatic heterocycles. The van der Waals surface area contributed by atoms with Gasteiger partial charge in [-0.2, -0.15) is 0 Å². The Labute approximate surface area is 189 Å². The number of carbonyl (C=O) groups excluding carboxylic acids is 1. The molecule has 6 nitrogen and oxygen atoms in total. The van der Waals surface area contributed by atoms with E-state index in [9.17, 15) is 9.18 Å². The Hall–Kier alpha value is -2.30. The van der Waals surface area contributed by atoms with E-state index >= 15 is 0 Å². The molecule has 1 aromatic carbocycles. The van der Waals surface area contributed by atoms with Crippen LogP contribution in [0.3, 0.4) is 0 Å². The van der Waals surface area contributed by atoms with Crippen LogP contribution in [0.4, 0.5) is 20.6 Å². The van der Waals surface area contributed by atoms with Crippen LogP contribution in [0.1, 0.15) is 16.7 Å². The minimum Gasteiger partial charge on any atom is -0.442 e. The Morgan fingerprint density at radius 3 is 2.73 bits per heavy atom. The molecule has 0 unspecified atom stereocenters. The van der Waals surface area contributed by atoms with E-state index in [-0.39, 0.29) is 6.10 Å². The third-order valence-corrected chi connectivity index (χ3v) is 6.06. The Bertz CT molecular complexity index is 950. The van der Waals surface area contributed by atoms with Crippen LogP contribution in [-0.4, -0.2) is 48.4 Å². The molecule has 30 heavy (non-hydrogen) atoms. The van der Waals surface area contributed by atoms with Gasteiger partial charge in [0.05, 0.1) is 34.3 Å². The van der Waals surface area contributed by atoms with Gasteiger partial charge >= 0.3 is 6.09 Å². The SMILES string of the molecule is CC(=S)NC[C@H]1CN(c2ccc(NCCNC(=S)c3ccc(C)s3)c(F)c2)C(=O)O1. The predicted molar refractivity (Wildman–Crippen MR) is 128 cm³/mol. The fourth-order valence-electron chi connectivity index (χ4n) is 2.93. The van der Waals surface area contributed by atoms with Crippen LogP contribution < -0.4 is 20.9 Å². The van der Waals surface area contributed by atoms with E-state index in [0.717, 1.165) is 4.88 Å². The number of benzene rings is 1. The third-order valence-electron chi connectivity index (χ3n) is 4.41. The van der Waals surface area contributed by atoms with Gasteiger partial charge in [-0.25, -0.2) is 9.18 Å². The van der Waals surface area contributed by atoms with Gasteiger partial charge in [-0.1, -0.05) is 24.4 Å². The van der Waals surface area contributed by atoms with Crippen LogP contribution in [-0.2, 0) is 4.74 Å². The standard InChI is InChI=1S/C20H23FN4O2S3/c1-12-3-6-18(30-12)19(29)23-8-7-22-17-5-4-14(9-16(17)21)25-11-15(27-20(25)26)10-24-13(2)28/h3-6,9,15,22H,7-8,10-11H2,1-2H3,(H,23,29)(H,24,28)/t15-/m0/s1. The maximum absolute atomic E-state index is 14.5. The van der Waals surface area contributed by atoms with Crippen molar-refractivity contribution in [2.24, 2.45) is 0 Å². The number of cyclic esters (lactones) is 1. The first-order chi connectivity index (χ1) is 14.3. The first kappa shape index (κ1) is 22.4.